The predicted octanol–water partition coefficient (Wildman–Crippen LogP) is 2.38. The van der Waals surface area contributed by atoms with E-state index >= 15 is 0 Å². The maximum atomic E-state index is 12.1. The van der Waals surface area contributed by atoms with Gasteiger partial charge in [0.25, 0.3) is 0 Å². The number of likely N-dealkylation sites (tertiary alicyclic amines) is 1. The summed E-state index contributed by atoms with van der Waals surface area (Å²) < 4.78 is 0. The quantitative estimate of drug-likeness (QED) is 0.734. The van der Waals surface area contributed by atoms with Gasteiger partial charge in [-0.2, -0.15) is 0 Å². The Morgan fingerprint density at radius 3 is 2.74 bits per heavy atom. The van der Waals surface area contributed by atoms with E-state index in [1.807, 2.05) is 41.8 Å². The number of piperidine rings is 1. The van der Waals surface area contributed by atoms with Crippen molar-refractivity contribution in [2.45, 2.75) is 31.8 Å². The van der Waals surface area contributed by atoms with Crippen LogP contribution >= 0.6 is 11.3 Å². The van der Waals surface area contributed by atoms with Gasteiger partial charge in [0.2, 0.25) is 11.8 Å². The Kier molecular flexibility index (Phi) is 7.01. The van der Waals surface area contributed by atoms with Crippen LogP contribution in [0.15, 0.2) is 47.8 Å². The first-order chi connectivity index (χ1) is 13.1. The molecule has 2 unspecified atom stereocenters. The van der Waals surface area contributed by atoms with Gasteiger partial charge in [0.15, 0.2) is 0 Å². The third kappa shape index (κ3) is 5.91. The lowest BCUT2D eigenvalue weighted by atomic mass is 9.90. The van der Waals surface area contributed by atoms with Crippen molar-refractivity contribution in [2.75, 3.05) is 13.1 Å². The Morgan fingerprint density at radius 2 is 2.04 bits per heavy atom. The van der Waals surface area contributed by atoms with Gasteiger partial charge in [-0.1, -0.05) is 36.4 Å². The van der Waals surface area contributed by atoms with Crippen molar-refractivity contribution in [3.05, 3.63) is 64.7 Å². The highest BCUT2D eigenvalue weighted by atomic mass is 32.1. The largest absolute Gasteiger partial charge is 0.368 e. The second-order valence-corrected chi connectivity index (χ2v) is 8.03. The van der Waals surface area contributed by atoms with Crippen LogP contribution in [0, 0.1) is 12.3 Å². The van der Waals surface area contributed by atoms with Crippen molar-refractivity contribution in [2.24, 2.45) is 11.7 Å². The number of benzene rings is 1. The molecule has 27 heavy (non-hydrogen) atoms. The summed E-state index contributed by atoms with van der Waals surface area (Å²) in [5, 5.41) is 5.02. The fourth-order valence-corrected chi connectivity index (χ4v) is 4.23. The summed E-state index contributed by atoms with van der Waals surface area (Å²) in [6.07, 6.45) is 3.94. The summed E-state index contributed by atoms with van der Waals surface area (Å²) in [5.41, 5.74) is 6.76. The normalized spacial score (nSPS) is 20.3. The smallest absolute Gasteiger partial charge is 0.234 e. The molecule has 3 N–H and O–H groups in total. The SMILES string of the molecule is NC(=O)C1CC(CNC(=O)[CH]Cc2ccccc2)CCN1Cc1cccs1. The van der Waals surface area contributed by atoms with E-state index in [1.54, 1.807) is 17.8 Å². The maximum absolute atomic E-state index is 12.1. The van der Waals surface area contributed by atoms with E-state index in [2.05, 4.69) is 16.3 Å². The lowest BCUT2D eigenvalue weighted by Gasteiger charge is -2.37. The number of carbonyl (C=O) groups is 2. The average Bonchev–Trinajstić information content (AvgIpc) is 3.19. The van der Waals surface area contributed by atoms with Crippen molar-refractivity contribution in [3.8, 4) is 0 Å². The van der Waals surface area contributed by atoms with Crippen molar-refractivity contribution >= 4 is 23.2 Å². The summed E-state index contributed by atoms with van der Waals surface area (Å²) in [5.74, 6) is -0.0649. The first-order valence-corrected chi connectivity index (χ1v) is 10.2. The average molecular weight is 385 g/mol. The molecule has 2 heterocycles. The number of primary amides is 1. The van der Waals surface area contributed by atoms with Crippen LogP contribution in [0.25, 0.3) is 0 Å². The van der Waals surface area contributed by atoms with Crippen molar-refractivity contribution in [3.63, 3.8) is 0 Å². The van der Waals surface area contributed by atoms with Crippen LogP contribution in [0.3, 0.4) is 0 Å². The third-order valence-corrected chi connectivity index (χ3v) is 5.88. The van der Waals surface area contributed by atoms with Crippen LogP contribution in [0.2, 0.25) is 0 Å². The zero-order valence-electron chi connectivity index (χ0n) is 15.3. The van der Waals surface area contributed by atoms with Gasteiger partial charge >= 0.3 is 0 Å². The molecule has 1 fully saturated rings. The van der Waals surface area contributed by atoms with Crippen LogP contribution in [-0.4, -0.2) is 35.8 Å². The lowest BCUT2D eigenvalue weighted by Crippen LogP contribution is -2.50. The third-order valence-electron chi connectivity index (χ3n) is 5.02. The number of hydrogen-bond acceptors (Lipinski definition) is 4. The molecule has 0 saturated carbocycles. The van der Waals surface area contributed by atoms with E-state index in [1.165, 1.54) is 4.88 Å². The Morgan fingerprint density at radius 1 is 1.22 bits per heavy atom. The Bertz CT molecular complexity index is 733. The van der Waals surface area contributed by atoms with Crippen LogP contribution < -0.4 is 11.1 Å². The maximum Gasteiger partial charge on any atom is 0.234 e. The lowest BCUT2D eigenvalue weighted by molar-refractivity contribution is -0.125. The van der Waals surface area contributed by atoms with Gasteiger partial charge in [-0.15, -0.1) is 11.3 Å². The molecule has 1 aliphatic rings. The highest BCUT2D eigenvalue weighted by Gasteiger charge is 2.32. The molecular formula is C21H26N3O2S. The van der Waals surface area contributed by atoms with Gasteiger partial charge < -0.3 is 11.1 Å². The molecule has 2 amide bonds. The number of nitrogens with zero attached hydrogens (tertiary/aromatic N) is 1. The molecule has 1 aromatic heterocycles. The predicted molar refractivity (Wildman–Crippen MR) is 108 cm³/mol. The highest BCUT2D eigenvalue weighted by Crippen LogP contribution is 2.25. The molecule has 0 spiro atoms. The Hall–Kier alpha value is -2.18. The molecule has 6 heteroatoms. The molecule has 143 valence electrons. The minimum absolute atomic E-state index is 0.0597. The minimum atomic E-state index is -0.279. The first-order valence-electron chi connectivity index (χ1n) is 9.32. The fraction of sp³-hybridized carbons (Fsp3) is 0.381. The first kappa shape index (κ1) is 19.6. The van der Waals surface area contributed by atoms with E-state index in [9.17, 15) is 9.59 Å². The summed E-state index contributed by atoms with van der Waals surface area (Å²) in [4.78, 5) is 27.4. The van der Waals surface area contributed by atoms with Crippen molar-refractivity contribution in [1.29, 1.82) is 0 Å². The molecule has 1 saturated heterocycles. The van der Waals surface area contributed by atoms with E-state index < -0.39 is 0 Å². The molecule has 5 nitrogen and oxygen atoms in total. The molecule has 1 radical (unpaired) electrons. The molecule has 1 aromatic carbocycles. The molecule has 3 rings (SSSR count). The number of nitrogens with one attached hydrogen (secondary N) is 1. The number of amides is 2. The van der Waals surface area contributed by atoms with Gasteiger partial charge in [-0.3, -0.25) is 14.5 Å². The van der Waals surface area contributed by atoms with Gasteiger partial charge in [0, 0.05) is 18.0 Å². The van der Waals surface area contributed by atoms with Crippen LogP contribution in [0.5, 0.6) is 0 Å². The monoisotopic (exact) mass is 384 g/mol. The number of carbonyl (C=O) groups excluding carboxylic acids is 2. The van der Waals surface area contributed by atoms with Gasteiger partial charge in [-0.05, 0) is 48.7 Å². The van der Waals surface area contributed by atoms with Crippen molar-refractivity contribution < 1.29 is 9.59 Å². The molecule has 0 aliphatic carbocycles. The standard InChI is InChI=1S/C21H26N3O2S/c22-21(26)19-13-17(10-11-24(19)15-18-7-4-12-27-18)14-23-20(25)9-8-16-5-2-1-3-6-16/h1-7,9,12,17,19H,8,10-11,13-15H2,(H2,22,26)(H,23,25). The van der Waals surface area contributed by atoms with Gasteiger partial charge in [-0.25, -0.2) is 0 Å². The molecule has 2 aromatic rings. The number of rotatable bonds is 8. The second kappa shape index (κ2) is 9.67. The van der Waals surface area contributed by atoms with Crippen LogP contribution in [0.1, 0.15) is 23.3 Å². The highest BCUT2D eigenvalue weighted by molar-refractivity contribution is 7.09. The van der Waals surface area contributed by atoms with Gasteiger partial charge in [0.05, 0.1) is 12.5 Å². The second-order valence-electron chi connectivity index (χ2n) is 7.00. The van der Waals surface area contributed by atoms with E-state index in [4.69, 9.17) is 5.73 Å². The summed E-state index contributed by atoms with van der Waals surface area (Å²) in [6, 6.07) is 13.7. The summed E-state index contributed by atoms with van der Waals surface area (Å²) in [6.45, 7) is 2.16. The molecular weight excluding hydrogens is 358 g/mol. The number of nitrogens with two attached hydrogens (primary N) is 1. The number of thiophene rings is 1. The fourth-order valence-electron chi connectivity index (χ4n) is 3.50. The van der Waals surface area contributed by atoms with E-state index in [0.29, 0.717) is 19.4 Å². The zero-order valence-corrected chi connectivity index (χ0v) is 16.2. The molecule has 1 aliphatic heterocycles. The molecule has 0 bridgehead atoms. The van der Waals surface area contributed by atoms with Crippen LogP contribution in [0.4, 0.5) is 0 Å². The summed E-state index contributed by atoms with van der Waals surface area (Å²) in [7, 11) is 0. The molecule has 2 atom stereocenters. The topological polar surface area (TPSA) is 75.4 Å². The van der Waals surface area contributed by atoms with Gasteiger partial charge in [0.1, 0.15) is 0 Å². The minimum Gasteiger partial charge on any atom is -0.368 e. The zero-order chi connectivity index (χ0) is 19.1. The van der Waals surface area contributed by atoms with E-state index in [0.717, 1.165) is 25.1 Å². The Labute approximate surface area is 164 Å². The number of hydrogen-bond donors (Lipinski definition) is 2. The van der Waals surface area contributed by atoms with E-state index in [-0.39, 0.29) is 23.8 Å². The summed E-state index contributed by atoms with van der Waals surface area (Å²) >= 11 is 1.69. The Balaban J connectivity index is 1.44. The van der Waals surface area contributed by atoms with Crippen LogP contribution in [-0.2, 0) is 22.6 Å². The van der Waals surface area contributed by atoms with Crippen molar-refractivity contribution in [1.82, 2.24) is 10.2 Å².